The monoisotopic (exact) mass is 390 g/mol. The number of carbonyl (C=O) groups excluding carboxylic acids is 2. The molecule has 0 bridgehead atoms. The summed E-state index contributed by atoms with van der Waals surface area (Å²) in [5.74, 6) is -1.03. The zero-order valence-electron chi connectivity index (χ0n) is 17.0. The number of fused-ring (bicyclic) bond motifs is 1. The maximum Gasteiger partial charge on any atom is 0.407 e. The van der Waals surface area contributed by atoms with Crippen LogP contribution < -0.4 is 10.2 Å². The largest absolute Gasteiger partial charge is 0.478 e. The minimum Gasteiger partial charge on any atom is -0.478 e. The Bertz CT molecular complexity index is 732. The summed E-state index contributed by atoms with van der Waals surface area (Å²) in [5, 5.41) is 12.2. The predicted octanol–water partition coefficient (Wildman–Crippen LogP) is 4.27. The van der Waals surface area contributed by atoms with Crippen LogP contribution in [0.3, 0.4) is 0 Å². The number of hydrogen-bond donors (Lipinski definition) is 2. The Morgan fingerprint density at radius 1 is 1.29 bits per heavy atom. The van der Waals surface area contributed by atoms with Crippen LogP contribution in [0.15, 0.2) is 18.2 Å². The number of carboxylic acids is 1. The van der Waals surface area contributed by atoms with Crippen LogP contribution in [0.1, 0.15) is 81.8 Å². The summed E-state index contributed by atoms with van der Waals surface area (Å²) in [7, 11) is 0. The summed E-state index contributed by atoms with van der Waals surface area (Å²) in [5.41, 5.74) is 1.40. The maximum atomic E-state index is 12.8. The molecule has 28 heavy (non-hydrogen) atoms. The van der Waals surface area contributed by atoms with Gasteiger partial charge in [-0.1, -0.05) is 19.8 Å². The number of unbranched alkanes of at least 4 members (excludes halogenated alkanes) is 2. The normalized spacial score (nSPS) is 18.5. The van der Waals surface area contributed by atoms with Crippen LogP contribution >= 0.6 is 0 Å². The Labute approximate surface area is 166 Å². The summed E-state index contributed by atoms with van der Waals surface area (Å²) in [6.07, 6.45) is 2.97. The van der Waals surface area contributed by atoms with Gasteiger partial charge in [0.2, 0.25) is 5.91 Å². The number of benzene rings is 1. The molecule has 7 heteroatoms. The molecular formula is C21H30N2O5. The van der Waals surface area contributed by atoms with E-state index >= 15 is 0 Å². The first-order valence-corrected chi connectivity index (χ1v) is 9.91. The fraction of sp³-hybridized carbons (Fsp3) is 0.571. The molecule has 7 nitrogen and oxygen atoms in total. The third-order valence-electron chi connectivity index (χ3n) is 4.82. The molecule has 154 valence electrons. The highest BCUT2D eigenvalue weighted by molar-refractivity contribution is 5.97. The molecule has 0 saturated heterocycles. The Hall–Kier alpha value is -2.57. The molecule has 2 atom stereocenters. The van der Waals surface area contributed by atoms with Crippen LogP contribution in [0.2, 0.25) is 0 Å². The van der Waals surface area contributed by atoms with Gasteiger partial charge < -0.3 is 20.1 Å². The van der Waals surface area contributed by atoms with Crippen molar-refractivity contribution in [3.8, 4) is 0 Å². The highest BCUT2D eigenvalue weighted by Gasteiger charge is 2.35. The molecule has 0 radical (unpaired) electrons. The van der Waals surface area contributed by atoms with E-state index in [0.29, 0.717) is 24.1 Å². The van der Waals surface area contributed by atoms with Crippen molar-refractivity contribution in [3.63, 3.8) is 0 Å². The highest BCUT2D eigenvalue weighted by Crippen LogP contribution is 2.38. The van der Waals surface area contributed by atoms with Crippen molar-refractivity contribution in [1.82, 2.24) is 5.32 Å². The van der Waals surface area contributed by atoms with Gasteiger partial charge in [0.15, 0.2) is 0 Å². The van der Waals surface area contributed by atoms with Gasteiger partial charge in [0, 0.05) is 18.2 Å². The van der Waals surface area contributed by atoms with Crippen molar-refractivity contribution in [2.75, 3.05) is 4.90 Å². The lowest BCUT2D eigenvalue weighted by Gasteiger charge is -2.39. The number of hydrogen-bond acceptors (Lipinski definition) is 4. The van der Waals surface area contributed by atoms with Crippen molar-refractivity contribution >= 4 is 23.7 Å². The van der Waals surface area contributed by atoms with Crippen molar-refractivity contribution < 1.29 is 24.2 Å². The minimum absolute atomic E-state index is 0.0217. The van der Waals surface area contributed by atoms with E-state index in [-0.39, 0.29) is 23.6 Å². The van der Waals surface area contributed by atoms with Crippen molar-refractivity contribution in [3.05, 3.63) is 29.3 Å². The average molecular weight is 390 g/mol. The molecule has 2 rings (SSSR count). The second-order valence-electron chi connectivity index (χ2n) is 7.54. The van der Waals surface area contributed by atoms with Crippen molar-refractivity contribution in [2.45, 2.75) is 78.0 Å². The molecule has 2 N–H and O–H groups in total. The molecule has 2 amide bonds. The molecule has 1 aromatic rings. The smallest absolute Gasteiger partial charge is 0.407 e. The molecular weight excluding hydrogens is 360 g/mol. The number of anilines is 1. The van der Waals surface area contributed by atoms with E-state index in [1.165, 1.54) is 12.1 Å². The topological polar surface area (TPSA) is 95.9 Å². The number of alkyl carbamates (subject to hydrolysis) is 1. The summed E-state index contributed by atoms with van der Waals surface area (Å²) in [6.45, 7) is 7.55. The summed E-state index contributed by atoms with van der Waals surface area (Å²) < 4.78 is 5.17. The molecule has 0 unspecified atom stereocenters. The van der Waals surface area contributed by atoms with Crippen LogP contribution in [-0.4, -0.2) is 35.2 Å². The van der Waals surface area contributed by atoms with E-state index < -0.39 is 18.1 Å². The molecule has 1 aliphatic heterocycles. The molecule has 1 heterocycles. The second kappa shape index (κ2) is 9.57. The third kappa shape index (κ3) is 5.24. The van der Waals surface area contributed by atoms with Crippen LogP contribution in [0.5, 0.6) is 0 Å². The van der Waals surface area contributed by atoms with Gasteiger partial charge in [-0.15, -0.1) is 0 Å². The second-order valence-corrected chi connectivity index (χ2v) is 7.54. The van der Waals surface area contributed by atoms with Gasteiger partial charge in [0.05, 0.1) is 17.7 Å². The minimum atomic E-state index is -1.05. The highest BCUT2D eigenvalue weighted by atomic mass is 16.6. The Balaban J connectivity index is 2.35. The predicted molar refractivity (Wildman–Crippen MR) is 107 cm³/mol. The molecule has 0 spiro atoms. The van der Waals surface area contributed by atoms with Gasteiger partial charge in [-0.3, -0.25) is 4.79 Å². The number of ether oxygens (including phenoxy) is 1. The van der Waals surface area contributed by atoms with E-state index in [1.54, 1.807) is 24.8 Å². The fourth-order valence-corrected chi connectivity index (χ4v) is 3.55. The number of nitrogens with one attached hydrogen (secondary N) is 1. The summed E-state index contributed by atoms with van der Waals surface area (Å²) in [6, 6.07) is 4.15. The zero-order chi connectivity index (χ0) is 20.8. The zero-order valence-corrected chi connectivity index (χ0v) is 17.0. The summed E-state index contributed by atoms with van der Waals surface area (Å²) in [4.78, 5) is 38.1. The molecule has 0 aromatic heterocycles. The SMILES string of the molecule is CCCCCC(=O)N1c2ccc(C(=O)O)cc2[C@H](NC(=O)OC(C)C)C[C@@H]1C. The molecule has 0 saturated carbocycles. The number of aromatic carboxylic acids is 1. The number of nitrogens with zero attached hydrogens (tertiary/aromatic N) is 1. The van der Waals surface area contributed by atoms with Gasteiger partial charge in [0.25, 0.3) is 0 Å². The van der Waals surface area contributed by atoms with Gasteiger partial charge in [-0.2, -0.15) is 0 Å². The molecule has 0 fully saturated rings. The standard InChI is InChI=1S/C21H30N2O5/c1-5-6-7-8-19(24)23-14(4)11-17(22-21(27)28-13(2)3)16-12-15(20(25)26)9-10-18(16)23/h9-10,12-14,17H,5-8,11H2,1-4H3,(H,22,27)(H,25,26)/t14-,17+/m0/s1. The van der Waals surface area contributed by atoms with Gasteiger partial charge in [-0.25, -0.2) is 9.59 Å². The Morgan fingerprint density at radius 2 is 2.00 bits per heavy atom. The number of carboxylic acid groups (broad SMARTS) is 1. The number of rotatable bonds is 7. The first-order chi connectivity index (χ1) is 13.2. The van der Waals surface area contributed by atoms with Gasteiger partial charge in [0.1, 0.15) is 0 Å². The Morgan fingerprint density at radius 3 is 2.61 bits per heavy atom. The lowest BCUT2D eigenvalue weighted by molar-refractivity contribution is -0.119. The first kappa shape index (κ1) is 21.7. The van der Waals surface area contributed by atoms with E-state index in [2.05, 4.69) is 12.2 Å². The van der Waals surface area contributed by atoms with E-state index in [9.17, 15) is 19.5 Å². The Kier molecular flexibility index (Phi) is 7.43. The molecule has 1 aliphatic rings. The number of amides is 2. The van der Waals surface area contributed by atoms with Crippen LogP contribution in [0, 0.1) is 0 Å². The van der Waals surface area contributed by atoms with E-state index in [4.69, 9.17) is 4.74 Å². The average Bonchev–Trinajstić information content (AvgIpc) is 2.60. The van der Waals surface area contributed by atoms with E-state index in [1.807, 2.05) is 6.92 Å². The van der Waals surface area contributed by atoms with Gasteiger partial charge >= 0.3 is 12.1 Å². The maximum absolute atomic E-state index is 12.8. The summed E-state index contributed by atoms with van der Waals surface area (Å²) >= 11 is 0. The van der Waals surface area contributed by atoms with Gasteiger partial charge in [-0.05, 0) is 57.4 Å². The first-order valence-electron chi connectivity index (χ1n) is 9.91. The van der Waals surface area contributed by atoms with Crippen LogP contribution in [-0.2, 0) is 9.53 Å². The third-order valence-corrected chi connectivity index (χ3v) is 4.82. The quantitative estimate of drug-likeness (QED) is 0.678. The number of carbonyl (C=O) groups is 3. The van der Waals surface area contributed by atoms with E-state index in [0.717, 1.165) is 19.3 Å². The van der Waals surface area contributed by atoms with Crippen molar-refractivity contribution in [2.24, 2.45) is 0 Å². The van der Waals surface area contributed by atoms with Crippen LogP contribution in [0.25, 0.3) is 0 Å². The van der Waals surface area contributed by atoms with Crippen LogP contribution in [0.4, 0.5) is 10.5 Å². The lowest BCUT2D eigenvalue weighted by atomic mass is 9.90. The fourth-order valence-electron chi connectivity index (χ4n) is 3.55. The molecule has 1 aromatic carbocycles. The van der Waals surface area contributed by atoms with Crippen molar-refractivity contribution in [1.29, 1.82) is 0 Å². The lowest BCUT2D eigenvalue weighted by Crippen LogP contribution is -2.46. The molecule has 0 aliphatic carbocycles.